The first-order chi connectivity index (χ1) is 15.6. The quantitative estimate of drug-likeness (QED) is 0.331. The van der Waals surface area contributed by atoms with Gasteiger partial charge in [-0.1, -0.05) is 35.3 Å². The van der Waals surface area contributed by atoms with E-state index in [0.29, 0.717) is 29.0 Å². The van der Waals surface area contributed by atoms with E-state index in [1.54, 1.807) is 13.3 Å². The molecule has 0 spiro atoms. The number of hydrogen-bond donors (Lipinski definition) is 1. The minimum Gasteiger partial charge on any atom is -0.477 e. The second-order valence-corrected chi connectivity index (χ2v) is 8.66. The van der Waals surface area contributed by atoms with Crippen molar-refractivity contribution in [3.05, 3.63) is 47.1 Å². The van der Waals surface area contributed by atoms with E-state index in [0.717, 1.165) is 42.5 Å². The maximum Gasteiger partial charge on any atom is 0.253 e. The number of hydrogen-bond acceptors (Lipinski definition) is 6. The third-order valence-electron chi connectivity index (χ3n) is 5.66. The summed E-state index contributed by atoms with van der Waals surface area (Å²) in [6.07, 6.45) is 7.61. The van der Waals surface area contributed by atoms with Gasteiger partial charge >= 0.3 is 0 Å². The fraction of sp³-hybridized carbons (Fsp3) is 0.458. The molecule has 2 aliphatic rings. The molecule has 7 nitrogen and oxygen atoms in total. The zero-order valence-electron chi connectivity index (χ0n) is 18.2. The van der Waals surface area contributed by atoms with Crippen LogP contribution < -0.4 is 10.1 Å². The van der Waals surface area contributed by atoms with Gasteiger partial charge in [-0.2, -0.15) is 0 Å². The fourth-order valence-corrected chi connectivity index (χ4v) is 3.80. The van der Waals surface area contributed by atoms with Gasteiger partial charge in [-0.05, 0) is 61.8 Å². The van der Waals surface area contributed by atoms with E-state index in [4.69, 9.17) is 25.9 Å². The van der Waals surface area contributed by atoms with Crippen molar-refractivity contribution in [3.63, 3.8) is 0 Å². The van der Waals surface area contributed by atoms with Gasteiger partial charge in [0.1, 0.15) is 0 Å². The number of aromatic nitrogens is 1. The molecular formula is C24H28ClN3O4. The highest BCUT2D eigenvalue weighted by Gasteiger charge is 2.25. The first-order valence-electron chi connectivity index (χ1n) is 11.0. The van der Waals surface area contributed by atoms with E-state index in [9.17, 15) is 4.79 Å². The SMILES string of the molecule is COCON=C1CCCC[C@@H]1NC(=O)c1cnc(OCC2CC2)c(-c2ccc(Cl)cc2)c1. The van der Waals surface area contributed by atoms with Crippen LogP contribution in [0.4, 0.5) is 0 Å². The van der Waals surface area contributed by atoms with Crippen LogP contribution in [0, 0.1) is 5.92 Å². The summed E-state index contributed by atoms with van der Waals surface area (Å²) in [5.74, 6) is 0.929. The number of methoxy groups -OCH3 is 1. The van der Waals surface area contributed by atoms with Crippen LogP contribution in [0.25, 0.3) is 11.1 Å². The number of benzene rings is 1. The Kier molecular flexibility index (Phi) is 7.60. The van der Waals surface area contributed by atoms with Crippen molar-refractivity contribution in [3.8, 4) is 17.0 Å². The van der Waals surface area contributed by atoms with Crippen molar-refractivity contribution in [1.29, 1.82) is 0 Å². The Morgan fingerprint density at radius 2 is 2.03 bits per heavy atom. The molecule has 170 valence electrons. The van der Waals surface area contributed by atoms with Gasteiger partial charge in [-0.15, -0.1) is 0 Å². The molecule has 1 N–H and O–H groups in total. The number of ether oxygens (including phenoxy) is 2. The molecule has 8 heteroatoms. The molecule has 2 fully saturated rings. The standard InChI is InChI=1S/C24H28ClN3O4/c1-30-15-32-28-22-5-3-2-4-21(22)27-23(29)18-12-20(17-8-10-19(25)11-9-17)24(26-13-18)31-14-16-6-7-16/h8-13,16,21H,2-7,14-15H2,1H3,(H,27,29)/t21-/m0/s1. The molecule has 0 saturated heterocycles. The molecule has 0 unspecified atom stereocenters. The van der Waals surface area contributed by atoms with Gasteiger partial charge in [0, 0.05) is 23.9 Å². The van der Waals surface area contributed by atoms with Crippen LogP contribution in [0.1, 0.15) is 48.9 Å². The van der Waals surface area contributed by atoms with E-state index in [1.807, 2.05) is 30.3 Å². The first kappa shape index (κ1) is 22.6. The van der Waals surface area contributed by atoms with Crippen LogP contribution in [0.5, 0.6) is 5.88 Å². The van der Waals surface area contributed by atoms with Crippen molar-refractivity contribution < 1.29 is 19.1 Å². The summed E-state index contributed by atoms with van der Waals surface area (Å²) in [7, 11) is 1.55. The van der Waals surface area contributed by atoms with E-state index in [1.165, 1.54) is 12.8 Å². The number of halogens is 1. The van der Waals surface area contributed by atoms with Gasteiger partial charge in [-0.3, -0.25) is 4.79 Å². The van der Waals surface area contributed by atoms with E-state index < -0.39 is 0 Å². The second kappa shape index (κ2) is 10.8. The lowest BCUT2D eigenvalue weighted by Gasteiger charge is -2.24. The summed E-state index contributed by atoms with van der Waals surface area (Å²) in [5.41, 5.74) is 2.97. The summed E-state index contributed by atoms with van der Waals surface area (Å²) in [6.45, 7) is 0.726. The highest BCUT2D eigenvalue weighted by atomic mass is 35.5. The predicted molar refractivity (Wildman–Crippen MR) is 123 cm³/mol. The van der Waals surface area contributed by atoms with Gasteiger partial charge in [-0.25, -0.2) is 4.98 Å². The lowest BCUT2D eigenvalue weighted by molar-refractivity contribution is -0.0290. The van der Waals surface area contributed by atoms with E-state index >= 15 is 0 Å². The van der Waals surface area contributed by atoms with Crippen LogP contribution in [-0.2, 0) is 9.57 Å². The number of rotatable bonds is 9. The second-order valence-electron chi connectivity index (χ2n) is 8.23. The Balaban J connectivity index is 1.54. The van der Waals surface area contributed by atoms with Gasteiger partial charge in [0.05, 0.1) is 23.9 Å². The van der Waals surface area contributed by atoms with Crippen LogP contribution in [0.15, 0.2) is 41.7 Å². The lowest BCUT2D eigenvalue weighted by atomic mass is 9.93. The van der Waals surface area contributed by atoms with Crippen LogP contribution in [-0.4, -0.2) is 43.2 Å². The van der Waals surface area contributed by atoms with Gasteiger partial charge < -0.3 is 19.6 Å². The Hall–Kier alpha value is -2.64. The Morgan fingerprint density at radius 3 is 2.78 bits per heavy atom. The molecule has 2 aromatic rings. The van der Waals surface area contributed by atoms with Crippen LogP contribution in [0.3, 0.4) is 0 Å². The van der Waals surface area contributed by atoms with Crippen molar-refractivity contribution >= 4 is 23.2 Å². The molecule has 1 aromatic heterocycles. The molecule has 1 atom stereocenters. The summed E-state index contributed by atoms with van der Waals surface area (Å²) in [5, 5.41) is 7.90. The molecule has 32 heavy (non-hydrogen) atoms. The van der Waals surface area contributed by atoms with Crippen molar-refractivity contribution in [1.82, 2.24) is 10.3 Å². The molecule has 1 aromatic carbocycles. The van der Waals surface area contributed by atoms with Crippen molar-refractivity contribution in [2.45, 2.75) is 44.6 Å². The lowest BCUT2D eigenvalue weighted by Crippen LogP contribution is -2.42. The van der Waals surface area contributed by atoms with Gasteiger partial charge in [0.15, 0.2) is 0 Å². The Bertz CT molecular complexity index is 960. The largest absolute Gasteiger partial charge is 0.477 e. The molecule has 2 aliphatic carbocycles. The zero-order valence-corrected chi connectivity index (χ0v) is 18.9. The first-order valence-corrected chi connectivity index (χ1v) is 11.4. The van der Waals surface area contributed by atoms with Gasteiger partial charge in [0.25, 0.3) is 5.91 Å². The van der Waals surface area contributed by atoms with Crippen LogP contribution >= 0.6 is 11.6 Å². The summed E-state index contributed by atoms with van der Waals surface area (Å²) >= 11 is 6.06. The molecule has 2 saturated carbocycles. The average Bonchev–Trinajstić information content (AvgIpc) is 3.64. The van der Waals surface area contributed by atoms with Crippen molar-refractivity contribution in [2.75, 3.05) is 20.5 Å². The number of amides is 1. The maximum atomic E-state index is 13.1. The number of nitrogens with one attached hydrogen (secondary N) is 1. The molecule has 1 amide bonds. The Labute approximate surface area is 193 Å². The summed E-state index contributed by atoms with van der Waals surface area (Å²) < 4.78 is 10.9. The van der Waals surface area contributed by atoms with E-state index in [2.05, 4.69) is 15.5 Å². The number of oxime groups is 1. The predicted octanol–water partition coefficient (Wildman–Crippen LogP) is 4.84. The number of pyridine rings is 1. The molecule has 0 radical (unpaired) electrons. The number of nitrogens with zero attached hydrogens (tertiary/aromatic N) is 2. The maximum absolute atomic E-state index is 13.1. The molecule has 0 bridgehead atoms. The smallest absolute Gasteiger partial charge is 0.253 e. The molecular weight excluding hydrogens is 430 g/mol. The zero-order chi connectivity index (χ0) is 22.3. The topological polar surface area (TPSA) is 82.0 Å². The molecule has 4 rings (SSSR count). The van der Waals surface area contributed by atoms with Gasteiger partial charge in [0.2, 0.25) is 12.7 Å². The number of carbonyl (C=O) groups excluding carboxylic acids is 1. The normalized spacial score (nSPS) is 19.6. The highest BCUT2D eigenvalue weighted by Crippen LogP contribution is 2.33. The summed E-state index contributed by atoms with van der Waals surface area (Å²) in [6, 6.07) is 9.11. The average molecular weight is 458 g/mol. The van der Waals surface area contributed by atoms with Crippen molar-refractivity contribution in [2.24, 2.45) is 11.1 Å². The minimum absolute atomic E-state index is 0.0842. The van der Waals surface area contributed by atoms with Crippen LogP contribution in [0.2, 0.25) is 5.02 Å². The molecule has 1 heterocycles. The monoisotopic (exact) mass is 457 g/mol. The summed E-state index contributed by atoms with van der Waals surface area (Å²) in [4.78, 5) is 22.7. The third-order valence-corrected chi connectivity index (χ3v) is 5.91. The van der Waals surface area contributed by atoms with E-state index in [-0.39, 0.29) is 18.7 Å². The minimum atomic E-state index is -0.201. The number of carbonyl (C=O) groups is 1. The molecule has 0 aliphatic heterocycles. The third kappa shape index (κ3) is 5.99. The fourth-order valence-electron chi connectivity index (χ4n) is 3.67. The Morgan fingerprint density at radius 1 is 1.22 bits per heavy atom. The highest BCUT2D eigenvalue weighted by molar-refractivity contribution is 6.30.